The van der Waals surface area contributed by atoms with E-state index in [4.69, 9.17) is 4.74 Å². The van der Waals surface area contributed by atoms with Gasteiger partial charge in [-0.25, -0.2) is 0 Å². The van der Waals surface area contributed by atoms with Gasteiger partial charge in [0.1, 0.15) is 11.4 Å². The fourth-order valence-electron chi connectivity index (χ4n) is 3.29. The summed E-state index contributed by atoms with van der Waals surface area (Å²) < 4.78 is 7.76. The van der Waals surface area contributed by atoms with Gasteiger partial charge in [0, 0.05) is 18.3 Å². The van der Waals surface area contributed by atoms with Crippen molar-refractivity contribution >= 4 is 11.6 Å². The number of aryl methyl sites for hydroxylation is 3. The fourth-order valence-corrected chi connectivity index (χ4v) is 3.29. The van der Waals surface area contributed by atoms with Crippen molar-refractivity contribution in [3.8, 4) is 22.8 Å². The highest BCUT2D eigenvalue weighted by Gasteiger charge is 2.18. The topological polar surface area (TPSA) is 84.8 Å². The maximum absolute atomic E-state index is 12.8. The van der Waals surface area contributed by atoms with Crippen LogP contribution in [0.4, 0.5) is 5.69 Å². The molecule has 2 aromatic carbocycles. The van der Waals surface area contributed by atoms with Crippen LogP contribution >= 0.6 is 0 Å². The van der Waals surface area contributed by atoms with E-state index in [2.05, 4.69) is 20.6 Å². The number of aromatic nitrogens is 4. The molecule has 0 saturated heterocycles. The molecule has 4 aromatic rings. The van der Waals surface area contributed by atoms with E-state index < -0.39 is 0 Å². The first-order chi connectivity index (χ1) is 14.4. The van der Waals surface area contributed by atoms with Gasteiger partial charge in [0.05, 0.1) is 17.1 Å². The molecule has 0 aliphatic carbocycles. The molecule has 7 nitrogen and oxygen atoms in total. The number of nitrogens with zero attached hydrogens (tertiary/aromatic N) is 3. The van der Waals surface area contributed by atoms with E-state index in [9.17, 15) is 4.79 Å². The minimum atomic E-state index is -0.298. The zero-order valence-corrected chi connectivity index (χ0v) is 17.4. The van der Waals surface area contributed by atoms with Crippen molar-refractivity contribution < 1.29 is 9.53 Å². The van der Waals surface area contributed by atoms with Gasteiger partial charge in [-0.2, -0.15) is 10.2 Å². The van der Waals surface area contributed by atoms with Gasteiger partial charge in [0.25, 0.3) is 5.91 Å². The molecule has 0 saturated carbocycles. The van der Waals surface area contributed by atoms with Crippen LogP contribution in [0.2, 0.25) is 0 Å². The monoisotopic (exact) mass is 401 g/mol. The predicted molar refractivity (Wildman–Crippen MR) is 116 cm³/mol. The molecule has 0 aliphatic rings. The highest BCUT2D eigenvalue weighted by molar-refractivity contribution is 6.04. The van der Waals surface area contributed by atoms with Crippen LogP contribution in [0.5, 0.6) is 11.5 Å². The number of para-hydroxylation sites is 2. The molecule has 2 aromatic heterocycles. The Labute approximate surface area is 174 Å². The van der Waals surface area contributed by atoms with Gasteiger partial charge >= 0.3 is 0 Å². The van der Waals surface area contributed by atoms with Gasteiger partial charge in [-0.3, -0.25) is 14.6 Å². The van der Waals surface area contributed by atoms with Gasteiger partial charge in [0.15, 0.2) is 5.75 Å². The molecule has 1 amide bonds. The van der Waals surface area contributed by atoms with E-state index in [1.165, 1.54) is 0 Å². The van der Waals surface area contributed by atoms with Crippen molar-refractivity contribution in [1.29, 1.82) is 0 Å². The Bertz CT molecular complexity index is 1200. The van der Waals surface area contributed by atoms with Crippen molar-refractivity contribution in [2.75, 3.05) is 5.32 Å². The normalized spacial score (nSPS) is 10.8. The molecule has 2 N–H and O–H groups in total. The number of amides is 1. The van der Waals surface area contributed by atoms with Crippen LogP contribution in [-0.2, 0) is 7.05 Å². The van der Waals surface area contributed by atoms with E-state index in [-0.39, 0.29) is 5.91 Å². The Balaban J connectivity index is 1.55. The summed E-state index contributed by atoms with van der Waals surface area (Å²) in [6.45, 7) is 5.92. The van der Waals surface area contributed by atoms with Gasteiger partial charge in [0.2, 0.25) is 0 Å². The molecular formula is C23H23N5O2. The van der Waals surface area contributed by atoms with Gasteiger partial charge in [-0.1, -0.05) is 29.8 Å². The van der Waals surface area contributed by atoms with E-state index in [0.29, 0.717) is 28.6 Å². The number of H-pyrrole nitrogens is 1. The van der Waals surface area contributed by atoms with Crippen LogP contribution in [0.3, 0.4) is 0 Å². The molecular weight excluding hydrogens is 378 g/mol. The number of hydrogen-bond donors (Lipinski definition) is 2. The lowest BCUT2D eigenvalue weighted by molar-refractivity contribution is 0.102. The Kier molecular flexibility index (Phi) is 5.10. The van der Waals surface area contributed by atoms with E-state index >= 15 is 0 Å². The third-order valence-electron chi connectivity index (χ3n) is 4.97. The summed E-state index contributed by atoms with van der Waals surface area (Å²) in [6.07, 6.45) is 0. The van der Waals surface area contributed by atoms with E-state index in [1.807, 2.05) is 70.3 Å². The molecule has 152 valence electrons. The molecule has 0 bridgehead atoms. The number of anilines is 1. The molecule has 30 heavy (non-hydrogen) atoms. The van der Waals surface area contributed by atoms with Crippen molar-refractivity contribution in [2.24, 2.45) is 7.05 Å². The number of hydrogen-bond acceptors (Lipinski definition) is 4. The van der Waals surface area contributed by atoms with E-state index in [0.717, 1.165) is 22.5 Å². The highest BCUT2D eigenvalue weighted by Crippen LogP contribution is 2.30. The van der Waals surface area contributed by atoms with Crippen molar-refractivity contribution in [3.05, 3.63) is 77.2 Å². The van der Waals surface area contributed by atoms with Crippen LogP contribution in [0.1, 0.15) is 27.4 Å². The number of aromatic amines is 1. The lowest BCUT2D eigenvalue weighted by Crippen LogP contribution is -2.13. The second kappa shape index (κ2) is 7.87. The SMILES string of the molecule is Cc1ccc(Oc2ccccc2NC(=O)c2cc(-c3c(C)nn(C)c3C)n[nH]2)cc1. The average molecular weight is 401 g/mol. The second-order valence-electron chi connectivity index (χ2n) is 7.20. The maximum atomic E-state index is 12.8. The minimum absolute atomic E-state index is 0.298. The summed E-state index contributed by atoms with van der Waals surface area (Å²) in [5, 5.41) is 14.4. The number of ether oxygens (including phenoxy) is 1. The summed E-state index contributed by atoms with van der Waals surface area (Å²) in [7, 11) is 1.89. The second-order valence-corrected chi connectivity index (χ2v) is 7.20. The smallest absolute Gasteiger partial charge is 0.273 e. The summed E-state index contributed by atoms with van der Waals surface area (Å²) in [4.78, 5) is 12.8. The summed E-state index contributed by atoms with van der Waals surface area (Å²) >= 11 is 0. The molecule has 0 aliphatic heterocycles. The zero-order valence-electron chi connectivity index (χ0n) is 17.4. The summed E-state index contributed by atoms with van der Waals surface area (Å²) in [5.41, 5.74) is 5.56. The van der Waals surface area contributed by atoms with Crippen molar-refractivity contribution in [3.63, 3.8) is 0 Å². The summed E-state index contributed by atoms with van der Waals surface area (Å²) in [6, 6.07) is 16.8. The maximum Gasteiger partial charge on any atom is 0.273 e. The third kappa shape index (κ3) is 3.82. The van der Waals surface area contributed by atoms with Crippen LogP contribution < -0.4 is 10.1 Å². The third-order valence-corrected chi connectivity index (χ3v) is 4.97. The molecule has 0 radical (unpaired) electrons. The Hall–Kier alpha value is -3.87. The van der Waals surface area contributed by atoms with Gasteiger partial charge < -0.3 is 10.1 Å². The first-order valence-electron chi connectivity index (χ1n) is 9.63. The van der Waals surface area contributed by atoms with Crippen LogP contribution in [0, 0.1) is 20.8 Å². The number of nitrogens with one attached hydrogen (secondary N) is 2. The number of benzene rings is 2. The van der Waals surface area contributed by atoms with Gasteiger partial charge in [-0.05, 0) is 51.1 Å². The highest BCUT2D eigenvalue weighted by atomic mass is 16.5. The van der Waals surface area contributed by atoms with Gasteiger partial charge in [-0.15, -0.1) is 0 Å². The molecule has 4 rings (SSSR count). The Morgan fingerprint density at radius 1 is 1.07 bits per heavy atom. The van der Waals surface area contributed by atoms with E-state index in [1.54, 1.807) is 16.8 Å². The van der Waals surface area contributed by atoms with Crippen LogP contribution in [0.25, 0.3) is 11.3 Å². The Morgan fingerprint density at radius 2 is 1.80 bits per heavy atom. The summed E-state index contributed by atoms with van der Waals surface area (Å²) in [5.74, 6) is 0.968. The Morgan fingerprint density at radius 3 is 2.50 bits per heavy atom. The van der Waals surface area contributed by atoms with Crippen molar-refractivity contribution in [1.82, 2.24) is 20.0 Å². The quantitative estimate of drug-likeness (QED) is 0.504. The standard InChI is InChI=1S/C23H23N5O2/c1-14-9-11-17(12-10-14)30-21-8-6-5-7-18(21)24-23(29)20-13-19(25-26-20)22-15(2)27-28(4)16(22)3/h5-13H,1-4H3,(H,24,29)(H,25,26). The molecule has 0 spiro atoms. The molecule has 7 heteroatoms. The minimum Gasteiger partial charge on any atom is -0.455 e. The van der Waals surface area contributed by atoms with Crippen molar-refractivity contribution in [2.45, 2.75) is 20.8 Å². The lowest BCUT2D eigenvalue weighted by Gasteiger charge is -2.12. The molecule has 2 heterocycles. The number of rotatable bonds is 5. The fraction of sp³-hybridized carbons (Fsp3) is 0.174. The lowest BCUT2D eigenvalue weighted by atomic mass is 10.1. The van der Waals surface area contributed by atoms with Crippen LogP contribution in [0.15, 0.2) is 54.6 Å². The largest absolute Gasteiger partial charge is 0.455 e. The number of carbonyl (C=O) groups is 1. The molecule has 0 unspecified atom stereocenters. The number of carbonyl (C=O) groups excluding carboxylic acids is 1. The first-order valence-corrected chi connectivity index (χ1v) is 9.63. The predicted octanol–water partition coefficient (Wildman–Crippen LogP) is 4.78. The zero-order chi connectivity index (χ0) is 21.3. The average Bonchev–Trinajstić information content (AvgIpc) is 3.29. The molecule has 0 atom stereocenters. The first kappa shape index (κ1) is 19.4. The van der Waals surface area contributed by atoms with Crippen LogP contribution in [-0.4, -0.2) is 25.9 Å². The molecule has 0 fully saturated rings.